The second-order valence-corrected chi connectivity index (χ2v) is 7.67. The van der Waals surface area contributed by atoms with E-state index in [1.807, 2.05) is 6.92 Å². The van der Waals surface area contributed by atoms with Crippen molar-refractivity contribution < 1.29 is 34.1 Å². The van der Waals surface area contributed by atoms with Gasteiger partial charge in [-0.1, -0.05) is 6.92 Å². The van der Waals surface area contributed by atoms with Crippen LogP contribution in [0.5, 0.6) is 0 Å². The molecule has 5 heterocycles. The quantitative estimate of drug-likeness (QED) is 0.449. The maximum atomic E-state index is 9.28. The third-order valence-corrected chi connectivity index (χ3v) is 6.53. The molecular formula is C15H22O7. The van der Waals surface area contributed by atoms with Gasteiger partial charge in [0.1, 0.15) is 0 Å². The Kier molecular flexibility index (Phi) is 2.70. The fourth-order valence-corrected chi connectivity index (χ4v) is 5.27. The summed E-state index contributed by atoms with van der Waals surface area (Å²) in [5.41, 5.74) is -1.33. The lowest BCUT2D eigenvalue weighted by Crippen LogP contribution is -2.73. The van der Waals surface area contributed by atoms with E-state index in [4.69, 9.17) is 24.0 Å². The Labute approximate surface area is 128 Å². The lowest BCUT2D eigenvalue weighted by atomic mass is 9.58. The molecule has 6 aliphatic rings. The molecule has 0 aromatic rings. The minimum Gasteiger partial charge on any atom is -0.363 e. The SMILES string of the molecule is C[C@@H]1CC[C@H]2[C@]3(CO3)[C@@H](OO)O[C@@H]3O[C@@]4(C)CC[C@@H]1[C@]32OO4. The Bertz CT molecular complexity index is 494. The lowest BCUT2D eigenvalue weighted by molar-refractivity contribution is -0.585. The van der Waals surface area contributed by atoms with Gasteiger partial charge in [-0.05, 0) is 38.0 Å². The maximum absolute atomic E-state index is 9.28. The molecule has 2 spiro atoms. The van der Waals surface area contributed by atoms with Crippen molar-refractivity contribution in [3.63, 3.8) is 0 Å². The summed E-state index contributed by atoms with van der Waals surface area (Å²) >= 11 is 0. The van der Waals surface area contributed by atoms with Crippen molar-refractivity contribution in [1.82, 2.24) is 0 Å². The van der Waals surface area contributed by atoms with Gasteiger partial charge in [0.05, 0.1) is 6.61 Å². The third kappa shape index (κ3) is 1.51. The van der Waals surface area contributed by atoms with E-state index in [1.54, 1.807) is 0 Å². The minimum absolute atomic E-state index is 0.0275. The lowest BCUT2D eigenvalue weighted by Gasteiger charge is -2.59. The van der Waals surface area contributed by atoms with E-state index in [9.17, 15) is 5.26 Å². The summed E-state index contributed by atoms with van der Waals surface area (Å²) in [7, 11) is 0. The Balaban J connectivity index is 1.64. The van der Waals surface area contributed by atoms with Crippen LogP contribution < -0.4 is 0 Å². The molecule has 2 bridgehead atoms. The fourth-order valence-electron chi connectivity index (χ4n) is 5.27. The summed E-state index contributed by atoms with van der Waals surface area (Å²) in [4.78, 5) is 16.3. The van der Waals surface area contributed by atoms with Crippen LogP contribution in [0.25, 0.3) is 0 Å². The molecule has 5 aliphatic heterocycles. The third-order valence-electron chi connectivity index (χ3n) is 6.53. The summed E-state index contributed by atoms with van der Waals surface area (Å²) in [6.07, 6.45) is 2.28. The predicted octanol–water partition coefficient (Wildman–Crippen LogP) is 1.82. The molecular weight excluding hydrogens is 292 g/mol. The van der Waals surface area contributed by atoms with E-state index in [1.165, 1.54) is 0 Å². The van der Waals surface area contributed by atoms with E-state index < -0.39 is 29.6 Å². The van der Waals surface area contributed by atoms with Crippen LogP contribution >= 0.6 is 0 Å². The van der Waals surface area contributed by atoms with Crippen LogP contribution in [0.3, 0.4) is 0 Å². The predicted molar refractivity (Wildman–Crippen MR) is 70.1 cm³/mol. The molecule has 0 aromatic heterocycles. The zero-order valence-electron chi connectivity index (χ0n) is 12.8. The van der Waals surface area contributed by atoms with Crippen molar-refractivity contribution in [2.45, 2.75) is 69.1 Å². The van der Waals surface area contributed by atoms with E-state index in [2.05, 4.69) is 11.8 Å². The number of hydrogen-bond acceptors (Lipinski definition) is 7. The molecule has 1 N–H and O–H groups in total. The molecule has 7 nitrogen and oxygen atoms in total. The van der Waals surface area contributed by atoms with Crippen LogP contribution in [-0.4, -0.2) is 41.4 Å². The molecule has 7 heteroatoms. The highest BCUT2D eigenvalue weighted by Gasteiger charge is 2.78. The van der Waals surface area contributed by atoms with E-state index in [-0.39, 0.29) is 11.8 Å². The normalized spacial score (nSPS) is 62.6. The van der Waals surface area contributed by atoms with Crippen LogP contribution in [0.4, 0.5) is 0 Å². The van der Waals surface area contributed by atoms with Gasteiger partial charge in [-0.25, -0.2) is 19.9 Å². The van der Waals surface area contributed by atoms with Gasteiger partial charge in [-0.3, -0.25) is 0 Å². The van der Waals surface area contributed by atoms with Gasteiger partial charge in [0.2, 0.25) is 12.1 Å². The highest BCUT2D eigenvalue weighted by Crippen LogP contribution is 2.64. The molecule has 22 heavy (non-hydrogen) atoms. The largest absolute Gasteiger partial charge is 0.363 e. The van der Waals surface area contributed by atoms with Crippen molar-refractivity contribution in [2.75, 3.05) is 6.61 Å². The van der Waals surface area contributed by atoms with Gasteiger partial charge in [0, 0.05) is 12.3 Å². The van der Waals surface area contributed by atoms with E-state index in [0.717, 1.165) is 25.7 Å². The first-order valence-electron chi connectivity index (χ1n) is 8.18. The van der Waals surface area contributed by atoms with Gasteiger partial charge < -0.3 is 14.2 Å². The van der Waals surface area contributed by atoms with E-state index in [0.29, 0.717) is 12.5 Å². The van der Waals surface area contributed by atoms with Gasteiger partial charge in [0.25, 0.3) is 0 Å². The summed E-state index contributed by atoms with van der Waals surface area (Å²) in [5, 5.41) is 9.28. The summed E-state index contributed by atoms with van der Waals surface area (Å²) in [6.45, 7) is 4.62. The Morgan fingerprint density at radius 2 is 2.00 bits per heavy atom. The molecule has 124 valence electrons. The zero-order chi connectivity index (χ0) is 15.2. The average Bonchev–Trinajstić information content (AvgIpc) is 3.30. The number of fused-ring (bicyclic) bond motifs is 3. The van der Waals surface area contributed by atoms with Crippen LogP contribution in [0.15, 0.2) is 0 Å². The first-order valence-corrected chi connectivity index (χ1v) is 8.18. The monoisotopic (exact) mass is 314 g/mol. The average molecular weight is 314 g/mol. The van der Waals surface area contributed by atoms with Gasteiger partial charge >= 0.3 is 0 Å². The van der Waals surface area contributed by atoms with Crippen molar-refractivity contribution in [3.8, 4) is 0 Å². The number of rotatable bonds is 1. The molecule has 0 radical (unpaired) electrons. The Morgan fingerprint density at radius 3 is 2.73 bits per heavy atom. The molecule has 0 unspecified atom stereocenters. The second kappa shape index (κ2) is 4.22. The van der Waals surface area contributed by atoms with Crippen molar-refractivity contribution >= 4 is 0 Å². The molecule has 0 aromatic carbocycles. The molecule has 5 saturated heterocycles. The van der Waals surface area contributed by atoms with E-state index >= 15 is 0 Å². The van der Waals surface area contributed by atoms with Crippen molar-refractivity contribution in [1.29, 1.82) is 0 Å². The van der Waals surface area contributed by atoms with Crippen LogP contribution in [-0.2, 0) is 28.9 Å². The number of hydrogen-bond donors (Lipinski definition) is 1. The highest BCUT2D eigenvalue weighted by molar-refractivity contribution is 5.18. The number of ether oxygens (including phenoxy) is 3. The molecule has 0 amide bonds. The van der Waals surface area contributed by atoms with Gasteiger partial charge in [-0.2, -0.15) is 0 Å². The Morgan fingerprint density at radius 1 is 1.18 bits per heavy atom. The van der Waals surface area contributed by atoms with Crippen LogP contribution in [0, 0.1) is 17.8 Å². The first-order chi connectivity index (χ1) is 10.5. The molecule has 6 fully saturated rings. The topological polar surface area (TPSA) is 78.9 Å². The molecule has 8 atom stereocenters. The summed E-state index contributed by atoms with van der Waals surface area (Å²) < 4.78 is 17.8. The Hall–Kier alpha value is -0.280. The van der Waals surface area contributed by atoms with Crippen molar-refractivity contribution in [3.05, 3.63) is 0 Å². The molecule has 1 aliphatic carbocycles. The highest BCUT2D eigenvalue weighted by atomic mass is 17.3. The van der Waals surface area contributed by atoms with Crippen LogP contribution in [0.1, 0.15) is 39.5 Å². The smallest absolute Gasteiger partial charge is 0.225 e. The molecule has 6 rings (SSSR count). The second-order valence-electron chi connectivity index (χ2n) is 7.67. The van der Waals surface area contributed by atoms with Gasteiger partial charge in [-0.15, -0.1) is 0 Å². The zero-order valence-corrected chi connectivity index (χ0v) is 12.8. The molecule has 1 saturated carbocycles. The van der Waals surface area contributed by atoms with Gasteiger partial charge in [0.15, 0.2) is 17.5 Å². The summed E-state index contributed by atoms with van der Waals surface area (Å²) in [5.74, 6) is -0.00894. The first kappa shape index (κ1) is 14.1. The minimum atomic E-state index is -0.839. The fraction of sp³-hybridized carbons (Fsp3) is 1.00. The number of epoxide rings is 1. The van der Waals surface area contributed by atoms with Crippen LogP contribution in [0.2, 0.25) is 0 Å². The maximum Gasteiger partial charge on any atom is 0.225 e. The standard InChI is InChI=1S/C15H22O7/c1-8-3-4-10-14(7-17-14)11(20-16)18-12-15(10)9(8)5-6-13(2,19-12)21-22-15/h8-12,16H,3-7H2,1-2H3/t8-,9+,10+,11-,12-,13-,14-,15-/m1/s1. The summed E-state index contributed by atoms with van der Waals surface area (Å²) in [6, 6.07) is 0. The van der Waals surface area contributed by atoms with Crippen molar-refractivity contribution in [2.24, 2.45) is 17.8 Å².